The molecule has 2 rings (SSSR count). The van der Waals surface area contributed by atoms with E-state index in [1.165, 1.54) is 13.0 Å². The topological polar surface area (TPSA) is 85.6 Å². The highest BCUT2D eigenvalue weighted by atomic mass is 32.1. The van der Waals surface area contributed by atoms with Crippen molar-refractivity contribution >= 4 is 30.2 Å². The standard InChI is InChI=1S/C14H16F2N4O3S/c1-3-23-14(22)9(6-24)19-13(21)8-5-17-20-10(11(15)16)4-7(2)18-12(8)20/h4-5,9,11,24H,3,6H2,1-2H3,(H,19,21)/t9-/m0/s1. The van der Waals surface area contributed by atoms with Crippen LogP contribution in [0.25, 0.3) is 5.65 Å². The number of ether oxygens (including phenoxy) is 1. The van der Waals surface area contributed by atoms with Crippen molar-refractivity contribution in [2.75, 3.05) is 12.4 Å². The van der Waals surface area contributed by atoms with Crippen molar-refractivity contribution in [3.8, 4) is 0 Å². The number of rotatable bonds is 6. The van der Waals surface area contributed by atoms with E-state index < -0.39 is 24.3 Å². The Hall–Kier alpha value is -2.23. The molecule has 10 heteroatoms. The Morgan fingerprint density at radius 2 is 2.17 bits per heavy atom. The second kappa shape index (κ2) is 7.56. The molecule has 2 aromatic rings. The van der Waals surface area contributed by atoms with E-state index in [1.54, 1.807) is 6.92 Å². The minimum Gasteiger partial charge on any atom is -0.464 e. The number of thiol groups is 1. The zero-order chi connectivity index (χ0) is 17.9. The van der Waals surface area contributed by atoms with E-state index >= 15 is 0 Å². The third kappa shape index (κ3) is 3.64. The summed E-state index contributed by atoms with van der Waals surface area (Å²) in [6.45, 7) is 3.34. The number of aromatic nitrogens is 3. The summed E-state index contributed by atoms with van der Waals surface area (Å²) < 4.78 is 31.9. The zero-order valence-electron chi connectivity index (χ0n) is 13.0. The van der Waals surface area contributed by atoms with Crippen molar-refractivity contribution in [1.29, 1.82) is 0 Å². The van der Waals surface area contributed by atoms with Gasteiger partial charge in [0.15, 0.2) is 5.65 Å². The maximum atomic E-state index is 13.1. The molecule has 0 unspecified atom stereocenters. The number of nitrogens with zero attached hydrogens (tertiary/aromatic N) is 3. The zero-order valence-corrected chi connectivity index (χ0v) is 13.9. The van der Waals surface area contributed by atoms with Crippen molar-refractivity contribution < 1.29 is 23.1 Å². The molecule has 0 aliphatic heterocycles. The van der Waals surface area contributed by atoms with Crippen LogP contribution < -0.4 is 5.32 Å². The summed E-state index contributed by atoms with van der Waals surface area (Å²) in [5.41, 5.74) is -0.0718. The summed E-state index contributed by atoms with van der Waals surface area (Å²) in [7, 11) is 0. The minimum atomic E-state index is -2.77. The smallest absolute Gasteiger partial charge is 0.329 e. The van der Waals surface area contributed by atoms with Crippen LogP contribution in [0.4, 0.5) is 8.78 Å². The first kappa shape index (κ1) is 18.1. The fraction of sp³-hybridized carbons (Fsp3) is 0.429. The summed E-state index contributed by atoms with van der Waals surface area (Å²) in [6.07, 6.45) is -1.64. The molecule has 0 aliphatic carbocycles. The Bertz CT molecular complexity index is 766. The predicted molar refractivity (Wildman–Crippen MR) is 84.4 cm³/mol. The van der Waals surface area contributed by atoms with Crippen LogP contribution in [0.15, 0.2) is 12.3 Å². The fourth-order valence-electron chi connectivity index (χ4n) is 2.09. The van der Waals surface area contributed by atoms with E-state index in [0.29, 0.717) is 5.69 Å². The summed E-state index contributed by atoms with van der Waals surface area (Å²) in [4.78, 5) is 28.2. The lowest BCUT2D eigenvalue weighted by molar-refractivity contribution is -0.144. The minimum absolute atomic E-state index is 0.00965. The predicted octanol–water partition coefficient (Wildman–Crippen LogP) is 1.57. The average Bonchev–Trinajstić information content (AvgIpc) is 2.95. The van der Waals surface area contributed by atoms with E-state index in [-0.39, 0.29) is 29.3 Å². The van der Waals surface area contributed by atoms with Crippen molar-refractivity contribution in [3.05, 3.63) is 29.2 Å². The molecule has 2 aromatic heterocycles. The molecule has 7 nitrogen and oxygen atoms in total. The van der Waals surface area contributed by atoms with Gasteiger partial charge in [0, 0.05) is 11.4 Å². The first-order valence-corrected chi connectivity index (χ1v) is 7.74. The molecule has 0 spiro atoms. The highest BCUT2D eigenvalue weighted by Gasteiger charge is 2.25. The van der Waals surface area contributed by atoms with Crippen LogP contribution >= 0.6 is 12.6 Å². The number of alkyl halides is 2. The van der Waals surface area contributed by atoms with Gasteiger partial charge in [-0.2, -0.15) is 17.7 Å². The van der Waals surface area contributed by atoms with Crippen LogP contribution in [0.1, 0.15) is 35.1 Å². The summed E-state index contributed by atoms with van der Waals surface area (Å²) in [6, 6.07) is 0.233. The SMILES string of the molecule is CCOC(=O)[C@H](CS)NC(=O)c1cnn2c(C(F)F)cc(C)nc12. The van der Waals surface area contributed by atoms with Gasteiger partial charge in [0.05, 0.1) is 12.8 Å². The van der Waals surface area contributed by atoms with E-state index in [4.69, 9.17) is 4.74 Å². The quantitative estimate of drug-likeness (QED) is 0.605. The average molecular weight is 358 g/mol. The number of carbonyl (C=O) groups is 2. The van der Waals surface area contributed by atoms with Gasteiger partial charge in [-0.05, 0) is 19.9 Å². The van der Waals surface area contributed by atoms with E-state index in [2.05, 4.69) is 28.0 Å². The molecule has 0 fully saturated rings. The molecule has 1 amide bonds. The number of amides is 1. The van der Waals surface area contributed by atoms with E-state index in [0.717, 1.165) is 10.7 Å². The van der Waals surface area contributed by atoms with Gasteiger partial charge in [-0.1, -0.05) is 0 Å². The first-order chi connectivity index (χ1) is 11.4. The lowest BCUT2D eigenvalue weighted by atomic mass is 10.2. The Labute approximate surface area is 141 Å². The first-order valence-electron chi connectivity index (χ1n) is 7.10. The lowest BCUT2D eigenvalue weighted by Crippen LogP contribution is -2.43. The van der Waals surface area contributed by atoms with Gasteiger partial charge < -0.3 is 10.1 Å². The Morgan fingerprint density at radius 1 is 1.46 bits per heavy atom. The lowest BCUT2D eigenvalue weighted by Gasteiger charge is -2.14. The van der Waals surface area contributed by atoms with Gasteiger partial charge in [-0.25, -0.2) is 23.1 Å². The van der Waals surface area contributed by atoms with E-state index in [9.17, 15) is 18.4 Å². The van der Waals surface area contributed by atoms with Crippen molar-refractivity contribution in [3.63, 3.8) is 0 Å². The molecule has 1 N–H and O–H groups in total. The van der Waals surface area contributed by atoms with Crippen LogP contribution in [-0.4, -0.2) is 44.9 Å². The third-order valence-corrected chi connectivity index (χ3v) is 3.52. The van der Waals surface area contributed by atoms with Crippen LogP contribution in [0.5, 0.6) is 0 Å². The number of hydrogen-bond donors (Lipinski definition) is 2. The molecule has 0 radical (unpaired) electrons. The van der Waals surface area contributed by atoms with Gasteiger partial charge in [-0.15, -0.1) is 0 Å². The molecule has 2 heterocycles. The molecule has 0 saturated heterocycles. The number of halogens is 2. The molecule has 0 bridgehead atoms. The maximum absolute atomic E-state index is 13.1. The number of fused-ring (bicyclic) bond motifs is 1. The number of aryl methyl sites for hydroxylation is 1. The highest BCUT2D eigenvalue weighted by Crippen LogP contribution is 2.21. The van der Waals surface area contributed by atoms with Crippen LogP contribution in [0.2, 0.25) is 0 Å². The highest BCUT2D eigenvalue weighted by molar-refractivity contribution is 7.80. The molecule has 130 valence electrons. The maximum Gasteiger partial charge on any atom is 0.329 e. The molecular weight excluding hydrogens is 342 g/mol. The van der Waals surface area contributed by atoms with Crippen molar-refractivity contribution in [2.45, 2.75) is 26.3 Å². The van der Waals surface area contributed by atoms with Gasteiger partial charge in [0.1, 0.15) is 17.3 Å². The molecule has 0 aliphatic rings. The van der Waals surface area contributed by atoms with Gasteiger partial charge >= 0.3 is 5.97 Å². The van der Waals surface area contributed by atoms with Crippen molar-refractivity contribution in [2.24, 2.45) is 0 Å². The normalized spacial score (nSPS) is 12.4. The monoisotopic (exact) mass is 358 g/mol. The van der Waals surface area contributed by atoms with Gasteiger partial charge in [0.25, 0.3) is 12.3 Å². The summed E-state index contributed by atoms with van der Waals surface area (Å²) in [5, 5.41) is 6.24. The van der Waals surface area contributed by atoms with Gasteiger partial charge in [-0.3, -0.25) is 4.79 Å². The van der Waals surface area contributed by atoms with Gasteiger partial charge in [0.2, 0.25) is 0 Å². The number of esters is 1. The molecule has 24 heavy (non-hydrogen) atoms. The Morgan fingerprint density at radius 3 is 2.75 bits per heavy atom. The third-order valence-electron chi connectivity index (χ3n) is 3.15. The van der Waals surface area contributed by atoms with Crippen LogP contribution in [-0.2, 0) is 9.53 Å². The van der Waals surface area contributed by atoms with Crippen LogP contribution in [0.3, 0.4) is 0 Å². The molecule has 0 aromatic carbocycles. The van der Waals surface area contributed by atoms with E-state index in [1.807, 2.05) is 0 Å². The fourth-order valence-corrected chi connectivity index (χ4v) is 2.33. The molecule has 0 saturated carbocycles. The number of nitrogens with one attached hydrogen (secondary N) is 1. The number of carbonyl (C=O) groups excluding carboxylic acids is 2. The number of hydrogen-bond acceptors (Lipinski definition) is 6. The van der Waals surface area contributed by atoms with Crippen molar-refractivity contribution in [1.82, 2.24) is 19.9 Å². The Kier molecular flexibility index (Phi) is 5.71. The molecule has 1 atom stereocenters. The Balaban J connectivity index is 2.35. The second-order valence-corrected chi connectivity index (χ2v) is 5.24. The second-order valence-electron chi connectivity index (χ2n) is 4.88. The largest absolute Gasteiger partial charge is 0.464 e. The summed E-state index contributed by atoms with van der Waals surface area (Å²) >= 11 is 4.00. The van der Waals surface area contributed by atoms with Crippen LogP contribution in [0, 0.1) is 6.92 Å². The molecular formula is C14H16F2N4O3S. The summed E-state index contributed by atoms with van der Waals surface area (Å²) in [5.74, 6) is -1.27.